The summed E-state index contributed by atoms with van der Waals surface area (Å²) >= 11 is 0. The first-order valence-electron chi connectivity index (χ1n) is 8.68. The first-order chi connectivity index (χ1) is 10.3. The summed E-state index contributed by atoms with van der Waals surface area (Å²) in [6, 6.07) is 0.547. The number of aliphatic imine (C=N–C) groups is 1. The van der Waals surface area contributed by atoms with Crippen LogP contribution < -0.4 is 11.1 Å². The van der Waals surface area contributed by atoms with Crippen LogP contribution in [0.1, 0.15) is 51.4 Å². The summed E-state index contributed by atoms with van der Waals surface area (Å²) in [5.74, 6) is 0.645. The topological polar surface area (TPSA) is 62.9 Å². The molecule has 0 radical (unpaired) electrons. The first-order valence-corrected chi connectivity index (χ1v) is 8.68. The summed E-state index contributed by atoms with van der Waals surface area (Å²) in [4.78, 5) is 7.35. The molecular weight excluding hydrogens is 391 g/mol. The Hall–Kier alpha value is -0.0800. The van der Waals surface area contributed by atoms with Crippen LogP contribution in [0.15, 0.2) is 4.99 Å². The number of nitrogens with zero attached hydrogens (tertiary/aromatic N) is 2. The lowest BCUT2D eigenvalue weighted by Gasteiger charge is -2.43. The van der Waals surface area contributed by atoms with Crippen LogP contribution in [-0.4, -0.2) is 55.3 Å². The lowest BCUT2D eigenvalue weighted by atomic mass is 9.88. The van der Waals surface area contributed by atoms with Gasteiger partial charge in [0.15, 0.2) is 5.96 Å². The Morgan fingerprint density at radius 2 is 1.77 bits per heavy atom. The summed E-state index contributed by atoms with van der Waals surface area (Å²) in [6.45, 7) is 4.98. The van der Waals surface area contributed by atoms with Crippen LogP contribution in [0.3, 0.4) is 0 Å². The monoisotopic (exact) mass is 422 g/mol. The van der Waals surface area contributed by atoms with E-state index in [1.165, 1.54) is 51.6 Å². The third kappa shape index (κ3) is 4.47. The van der Waals surface area contributed by atoms with Gasteiger partial charge in [-0.1, -0.05) is 12.8 Å². The Balaban J connectivity index is 0.00000176. The van der Waals surface area contributed by atoms with Gasteiger partial charge < -0.3 is 15.8 Å². The molecule has 0 spiro atoms. The van der Waals surface area contributed by atoms with Gasteiger partial charge in [0.1, 0.15) is 0 Å². The maximum Gasteiger partial charge on any atom is 0.188 e. The molecule has 6 heteroatoms. The molecule has 0 unspecified atom stereocenters. The summed E-state index contributed by atoms with van der Waals surface area (Å²) in [7, 11) is 0. The van der Waals surface area contributed by atoms with Gasteiger partial charge in [-0.3, -0.25) is 9.89 Å². The van der Waals surface area contributed by atoms with Crippen molar-refractivity contribution >= 4 is 29.9 Å². The normalized spacial score (nSPS) is 26.8. The molecule has 1 aliphatic carbocycles. The second kappa shape index (κ2) is 8.68. The molecule has 3 N–H and O–H groups in total. The minimum Gasteiger partial charge on any atom is -0.381 e. The summed E-state index contributed by atoms with van der Waals surface area (Å²) in [6.07, 6.45) is 9.94. The third-order valence-electron chi connectivity index (χ3n) is 5.45. The van der Waals surface area contributed by atoms with E-state index in [-0.39, 0.29) is 29.5 Å². The number of likely N-dealkylation sites (tertiary alicyclic amines) is 1. The van der Waals surface area contributed by atoms with Crippen LogP contribution in [0.25, 0.3) is 0 Å². The summed E-state index contributed by atoms with van der Waals surface area (Å²) in [5, 5.41) is 3.40. The molecule has 3 aliphatic rings. The smallest absolute Gasteiger partial charge is 0.188 e. The second-order valence-electron chi connectivity index (χ2n) is 6.86. The van der Waals surface area contributed by atoms with Crippen LogP contribution in [0.2, 0.25) is 0 Å². The second-order valence-corrected chi connectivity index (χ2v) is 6.86. The standard InChI is InChI=1S/C16H30N4O.HI/c17-15(19-14-5-1-2-6-14)18-13-16(7-11-21-12-8-16)20-9-3-4-10-20;/h14H,1-13H2,(H3,17,18,19);1H. The van der Waals surface area contributed by atoms with Crippen molar-refractivity contribution in [3.8, 4) is 0 Å². The molecule has 22 heavy (non-hydrogen) atoms. The Labute approximate surface area is 151 Å². The number of guanidine groups is 1. The van der Waals surface area contributed by atoms with Crippen molar-refractivity contribution in [3.63, 3.8) is 0 Å². The average Bonchev–Trinajstić information content (AvgIpc) is 3.19. The zero-order valence-electron chi connectivity index (χ0n) is 13.6. The fourth-order valence-electron chi connectivity index (χ4n) is 4.07. The van der Waals surface area contributed by atoms with Crippen molar-refractivity contribution in [1.82, 2.24) is 10.2 Å². The van der Waals surface area contributed by atoms with Gasteiger partial charge in [0.2, 0.25) is 0 Å². The SMILES string of the molecule is I.NC(=NCC1(N2CCCC2)CCOCC1)NC1CCCC1. The molecule has 2 saturated heterocycles. The van der Waals surface area contributed by atoms with Crippen molar-refractivity contribution in [1.29, 1.82) is 0 Å². The van der Waals surface area contributed by atoms with Crippen LogP contribution in [0.4, 0.5) is 0 Å². The zero-order chi connectivity index (χ0) is 14.5. The Bertz CT molecular complexity index is 359. The molecule has 2 heterocycles. The molecule has 3 rings (SSSR count). The lowest BCUT2D eigenvalue weighted by Crippen LogP contribution is -2.54. The first kappa shape index (κ1) is 18.3. The molecule has 0 amide bonds. The van der Waals surface area contributed by atoms with Crippen LogP contribution in [0, 0.1) is 0 Å². The Morgan fingerprint density at radius 3 is 2.41 bits per heavy atom. The molecule has 3 fully saturated rings. The Morgan fingerprint density at radius 1 is 1.14 bits per heavy atom. The highest BCUT2D eigenvalue weighted by Crippen LogP contribution is 2.31. The minimum absolute atomic E-state index is 0. The van der Waals surface area contributed by atoms with Crippen molar-refractivity contribution < 1.29 is 4.74 Å². The molecule has 128 valence electrons. The van der Waals surface area contributed by atoms with E-state index >= 15 is 0 Å². The number of hydrogen-bond donors (Lipinski definition) is 2. The number of nitrogens with two attached hydrogens (primary N) is 1. The van der Waals surface area contributed by atoms with Gasteiger partial charge >= 0.3 is 0 Å². The lowest BCUT2D eigenvalue weighted by molar-refractivity contribution is -0.0138. The largest absolute Gasteiger partial charge is 0.381 e. The van der Waals surface area contributed by atoms with E-state index in [2.05, 4.69) is 10.2 Å². The van der Waals surface area contributed by atoms with Gasteiger partial charge in [-0.25, -0.2) is 0 Å². The van der Waals surface area contributed by atoms with E-state index in [0.29, 0.717) is 12.0 Å². The number of nitrogens with one attached hydrogen (secondary N) is 1. The minimum atomic E-state index is 0. The maximum absolute atomic E-state index is 6.12. The highest BCUT2D eigenvalue weighted by molar-refractivity contribution is 14.0. The van der Waals surface area contributed by atoms with Gasteiger partial charge in [0.05, 0.1) is 6.54 Å². The molecule has 5 nitrogen and oxygen atoms in total. The van der Waals surface area contributed by atoms with Crippen molar-refractivity contribution in [2.45, 2.75) is 62.9 Å². The molecule has 0 atom stereocenters. The van der Waals surface area contributed by atoms with Gasteiger partial charge in [-0.2, -0.15) is 0 Å². The predicted octanol–water partition coefficient (Wildman–Crippen LogP) is 2.10. The highest BCUT2D eigenvalue weighted by atomic mass is 127. The van der Waals surface area contributed by atoms with E-state index in [1.807, 2.05) is 0 Å². The fourth-order valence-corrected chi connectivity index (χ4v) is 4.07. The molecule has 2 aliphatic heterocycles. The van der Waals surface area contributed by atoms with E-state index < -0.39 is 0 Å². The number of hydrogen-bond acceptors (Lipinski definition) is 3. The van der Waals surface area contributed by atoms with E-state index in [4.69, 9.17) is 15.5 Å². The number of rotatable bonds is 4. The van der Waals surface area contributed by atoms with Crippen molar-refractivity contribution in [2.24, 2.45) is 10.7 Å². The molecule has 0 aromatic carbocycles. The molecule has 0 aromatic rings. The van der Waals surface area contributed by atoms with Gasteiger partial charge in [0.25, 0.3) is 0 Å². The van der Waals surface area contributed by atoms with Gasteiger partial charge in [0, 0.05) is 24.8 Å². The number of halogens is 1. The average molecular weight is 422 g/mol. The Kier molecular flexibility index (Phi) is 7.21. The van der Waals surface area contributed by atoms with Crippen LogP contribution in [0.5, 0.6) is 0 Å². The molecule has 1 saturated carbocycles. The third-order valence-corrected chi connectivity index (χ3v) is 5.45. The van der Waals surface area contributed by atoms with Crippen LogP contribution >= 0.6 is 24.0 Å². The maximum atomic E-state index is 6.12. The number of ether oxygens (including phenoxy) is 1. The van der Waals surface area contributed by atoms with Gasteiger partial charge in [-0.05, 0) is 51.6 Å². The predicted molar refractivity (Wildman–Crippen MR) is 101 cm³/mol. The molecular formula is C16H31IN4O. The van der Waals surface area contributed by atoms with Crippen LogP contribution in [-0.2, 0) is 4.74 Å². The van der Waals surface area contributed by atoms with Gasteiger partial charge in [-0.15, -0.1) is 24.0 Å². The van der Waals surface area contributed by atoms with E-state index in [0.717, 1.165) is 32.6 Å². The quantitative estimate of drug-likeness (QED) is 0.414. The molecule has 0 aromatic heterocycles. The van der Waals surface area contributed by atoms with Crippen molar-refractivity contribution in [3.05, 3.63) is 0 Å². The molecule has 0 bridgehead atoms. The summed E-state index contributed by atoms with van der Waals surface area (Å²) < 4.78 is 5.58. The zero-order valence-corrected chi connectivity index (χ0v) is 15.9. The van der Waals surface area contributed by atoms with E-state index in [9.17, 15) is 0 Å². The highest BCUT2D eigenvalue weighted by Gasteiger charge is 2.39. The fraction of sp³-hybridized carbons (Fsp3) is 0.938. The van der Waals surface area contributed by atoms with Crippen molar-refractivity contribution in [2.75, 3.05) is 32.8 Å². The van der Waals surface area contributed by atoms with E-state index in [1.54, 1.807) is 0 Å². The summed E-state index contributed by atoms with van der Waals surface area (Å²) in [5.41, 5.74) is 6.31.